The number of carbonyl (C=O) groups excluding carboxylic acids is 1. The molecule has 3 aromatic carbocycles. The summed E-state index contributed by atoms with van der Waals surface area (Å²) in [5, 5.41) is 5.53. The van der Waals surface area contributed by atoms with Gasteiger partial charge in [-0.25, -0.2) is 9.78 Å². The van der Waals surface area contributed by atoms with Crippen LogP contribution in [-0.2, 0) is 14.3 Å². The van der Waals surface area contributed by atoms with E-state index in [2.05, 4.69) is 34.1 Å². The number of carbonyl (C=O) groups is 1. The van der Waals surface area contributed by atoms with Crippen LogP contribution in [0.4, 0.5) is 5.95 Å². The Morgan fingerprint density at radius 3 is 2.68 bits per heavy atom. The van der Waals surface area contributed by atoms with E-state index in [-0.39, 0.29) is 18.6 Å². The minimum atomic E-state index is -0.371. The van der Waals surface area contributed by atoms with Gasteiger partial charge >= 0.3 is 5.97 Å². The fraction of sp³-hybridized carbons (Fsp3) is 0.200. The van der Waals surface area contributed by atoms with Gasteiger partial charge in [0, 0.05) is 12.8 Å². The van der Waals surface area contributed by atoms with Crippen LogP contribution in [0.1, 0.15) is 18.5 Å². The Balaban J connectivity index is 1.75. The molecule has 0 unspecified atom stereocenters. The van der Waals surface area contributed by atoms with E-state index in [4.69, 9.17) is 14.5 Å². The van der Waals surface area contributed by atoms with E-state index >= 15 is 0 Å². The highest BCUT2D eigenvalue weighted by atomic mass is 16.6. The molecule has 0 spiro atoms. The normalized spacial score (nSPS) is 15.7. The molecule has 6 heteroatoms. The molecule has 0 fully saturated rings. The molecule has 0 saturated heterocycles. The second-order valence-electron chi connectivity index (χ2n) is 7.56. The van der Waals surface area contributed by atoms with Crippen LogP contribution >= 0.6 is 0 Å². The molecule has 0 amide bonds. The molecular formula is C25H23N3O3. The zero-order valence-corrected chi connectivity index (χ0v) is 17.5. The number of rotatable bonds is 5. The van der Waals surface area contributed by atoms with E-state index in [9.17, 15) is 4.79 Å². The fourth-order valence-electron chi connectivity index (χ4n) is 4.31. The average molecular weight is 413 g/mol. The molecule has 6 nitrogen and oxygen atoms in total. The molecular weight excluding hydrogens is 390 g/mol. The number of aromatic nitrogens is 2. The molecule has 1 aliphatic rings. The van der Waals surface area contributed by atoms with Crippen molar-refractivity contribution in [1.29, 1.82) is 0 Å². The number of fused-ring (bicyclic) bond motifs is 4. The van der Waals surface area contributed by atoms with Crippen LogP contribution in [0.5, 0.6) is 0 Å². The average Bonchev–Trinajstić information content (AvgIpc) is 3.15. The van der Waals surface area contributed by atoms with Crippen molar-refractivity contribution in [2.75, 3.05) is 25.6 Å². The molecule has 156 valence electrons. The number of hydrogen-bond acceptors (Lipinski definition) is 5. The van der Waals surface area contributed by atoms with Gasteiger partial charge in [-0.05, 0) is 35.4 Å². The van der Waals surface area contributed by atoms with Crippen LogP contribution in [0.3, 0.4) is 0 Å². The minimum absolute atomic E-state index is 0.200. The molecule has 0 aliphatic carbocycles. The number of anilines is 1. The number of imidazole rings is 1. The first-order valence-electron chi connectivity index (χ1n) is 10.3. The number of esters is 1. The highest BCUT2D eigenvalue weighted by molar-refractivity contribution is 5.96. The highest BCUT2D eigenvalue weighted by Gasteiger charge is 2.35. The third kappa shape index (κ3) is 3.25. The predicted octanol–water partition coefficient (Wildman–Crippen LogP) is 4.67. The van der Waals surface area contributed by atoms with Gasteiger partial charge in [0.05, 0.1) is 29.3 Å². The summed E-state index contributed by atoms with van der Waals surface area (Å²) >= 11 is 0. The van der Waals surface area contributed by atoms with Crippen LogP contribution in [0.25, 0.3) is 21.8 Å². The summed E-state index contributed by atoms with van der Waals surface area (Å²) in [5.41, 5.74) is 4.17. The number of hydrogen-bond donors (Lipinski definition) is 1. The van der Waals surface area contributed by atoms with Crippen molar-refractivity contribution in [2.45, 2.75) is 13.0 Å². The van der Waals surface area contributed by atoms with Gasteiger partial charge in [0.2, 0.25) is 5.95 Å². The van der Waals surface area contributed by atoms with Gasteiger partial charge in [0.25, 0.3) is 0 Å². The maximum Gasteiger partial charge on any atom is 0.338 e. The van der Waals surface area contributed by atoms with Gasteiger partial charge in [-0.2, -0.15) is 0 Å². The van der Waals surface area contributed by atoms with Gasteiger partial charge < -0.3 is 14.8 Å². The van der Waals surface area contributed by atoms with E-state index in [1.54, 1.807) is 7.11 Å². The highest BCUT2D eigenvalue weighted by Crippen LogP contribution is 2.41. The maximum absolute atomic E-state index is 13.3. The molecule has 2 heterocycles. The molecule has 1 aromatic heterocycles. The fourth-order valence-corrected chi connectivity index (χ4v) is 4.31. The molecule has 1 aliphatic heterocycles. The van der Waals surface area contributed by atoms with Crippen LogP contribution in [0.15, 0.2) is 78.0 Å². The second kappa shape index (κ2) is 7.89. The summed E-state index contributed by atoms with van der Waals surface area (Å²) < 4.78 is 12.7. The number of para-hydroxylation sites is 2. The van der Waals surface area contributed by atoms with Crippen LogP contribution in [0.2, 0.25) is 0 Å². The van der Waals surface area contributed by atoms with Crippen molar-refractivity contribution in [3.05, 3.63) is 83.6 Å². The smallest absolute Gasteiger partial charge is 0.338 e. The third-order valence-electron chi connectivity index (χ3n) is 5.69. The molecule has 1 atom stereocenters. The van der Waals surface area contributed by atoms with E-state index in [0.717, 1.165) is 33.1 Å². The van der Waals surface area contributed by atoms with Crippen LogP contribution < -0.4 is 5.32 Å². The molecule has 0 saturated carbocycles. The lowest BCUT2D eigenvalue weighted by molar-refractivity contribution is -0.140. The van der Waals surface area contributed by atoms with E-state index in [1.807, 2.05) is 49.4 Å². The summed E-state index contributed by atoms with van der Waals surface area (Å²) in [7, 11) is 1.59. The van der Waals surface area contributed by atoms with Crippen molar-refractivity contribution in [2.24, 2.45) is 0 Å². The number of methoxy groups -OCH3 is 1. The summed E-state index contributed by atoms with van der Waals surface area (Å²) in [5.74, 6) is 0.355. The lowest BCUT2D eigenvalue weighted by atomic mass is 9.91. The summed E-state index contributed by atoms with van der Waals surface area (Å²) in [6, 6.07) is 22.0. The monoisotopic (exact) mass is 413 g/mol. The first kappa shape index (κ1) is 19.3. The lowest BCUT2D eigenvalue weighted by Crippen LogP contribution is -2.29. The quantitative estimate of drug-likeness (QED) is 0.381. The van der Waals surface area contributed by atoms with E-state index in [0.29, 0.717) is 18.1 Å². The van der Waals surface area contributed by atoms with Crippen molar-refractivity contribution >= 4 is 33.7 Å². The Bertz CT molecular complexity index is 1320. The molecule has 4 aromatic rings. The van der Waals surface area contributed by atoms with Gasteiger partial charge in [-0.15, -0.1) is 0 Å². The zero-order chi connectivity index (χ0) is 21.4. The van der Waals surface area contributed by atoms with Crippen LogP contribution in [0, 0.1) is 0 Å². The number of benzene rings is 3. The zero-order valence-electron chi connectivity index (χ0n) is 17.5. The Hall–Kier alpha value is -3.64. The standard InChI is InChI=1S/C25H23N3O3/c1-16-22(24(29)31-15-14-30-2)23(19-11-7-9-17-8-3-4-10-18(17)19)28-21-13-6-5-12-20(21)27-25(28)26-16/h3-13,23H,14-15H2,1-2H3,(H,26,27)/t23-/m1/s1. The molecule has 31 heavy (non-hydrogen) atoms. The number of nitrogens with one attached hydrogen (secondary N) is 1. The topological polar surface area (TPSA) is 65.4 Å². The molecule has 0 bridgehead atoms. The Labute approximate surface area is 180 Å². The summed E-state index contributed by atoms with van der Waals surface area (Å²) in [6.07, 6.45) is 0. The number of nitrogens with zero attached hydrogens (tertiary/aromatic N) is 2. The van der Waals surface area contributed by atoms with Crippen LogP contribution in [-0.4, -0.2) is 35.8 Å². The van der Waals surface area contributed by atoms with Gasteiger partial charge in [0.15, 0.2) is 0 Å². The van der Waals surface area contributed by atoms with Crippen molar-refractivity contribution < 1.29 is 14.3 Å². The van der Waals surface area contributed by atoms with Gasteiger partial charge in [-0.3, -0.25) is 4.57 Å². The SMILES string of the molecule is COCCOC(=O)C1=C(C)Nc2nc3ccccc3n2[C@@H]1c1cccc2ccccc12. The van der Waals surface area contributed by atoms with Crippen molar-refractivity contribution in [1.82, 2.24) is 9.55 Å². The molecule has 1 N–H and O–H groups in total. The molecule has 0 radical (unpaired) electrons. The lowest BCUT2D eigenvalue weighted by Gasteiger charge is -2.31. The first-order valence-corrected chi connectivity index (χ1v) is 10.3. The minimum Gasteiger partial charge on any atom is -0.460 e. The second-order valence-corrected chi connectivity index (χ2v) is 7.56. The maximum atomic E-state index is 13.3. The Morgan fingerprint density at radius 1 is 1.03 bits per heavy atom. The Kier molecular flexibility index (Phi) is 4.92. The predicted molar refractivity (Wildman–Crippen MR) is 121 cm³/mol. The number of allylic oxidation sites excluding steroid dienone is 1. The third-order valence-corrected chi connectivity index (χ3v) is 5.69. The van der Waals surface area contributed by atoms with E-state index < -0.39 is 0 Å². The van der Waals surface area contributed by atoms with E-state index in [1.165, 1.54) is 0 Å². The molecule has 5 rings (SSSR count). The summed E-state index contributed by atoms with van der Waals surface area (Å²) in [4.78, 5) is 18.0. The first-order chi connectivity index (χ1) is 15.2. The Morgan fingerprint density at radius 2 is 1.81 bits per heavy atom. The van der Waals surface area contributed by atoms with Gasteiger partial charge in [0.1, 0.15) is 6.61 Å². The largest absolute Gasteiger partial charge is 0.460 e. The number of ether oxygens (including phenoxy) is 2. The van der Waals surface area contributed by atoms with Crippen molar-refractivity contribution in [3.8, 4) is 0 Å². The summed E-state index contributed by atoms with van der Waals surface area (Å²) in [6.45, 7) is 2.45. The van der Waals surface area contributed by atoms with Gasteiger partial charge in [-0.1, -0.05) is 54.6 Å². The van der Waals surface area contributed by atoms with Crippen molar-refractivity contribution in [3.63, 3.8) is 0 Å².